The van der Waals surface area contributed by atoms with Crippen LogP contribution in [0, 0.1) is 0 Å². The van der Waals surface area contributed by atoms with Crippen molar-refractivity contribution < 1.29 is 0 Å². The Labute approximate surface area is 127 Å². The van der Waals surface area contributed by atoms with Crippen molar-refractivity contribution in [1.29, 1.82) is 0 Å². The molecule has 0 unspecified atom stereocenters. The average Bonchev–Trinajstić information content (AvgIpc) is 2.49. The second kappa shape index (κ2) is 5.94. The zero-order valence-electron chi connectivity index (χ0n) is 13.0. The van der Waals surface area contributed by atoms with E-state index in [0.717, 1.165) is 12.8 Å². The first-order valence-corrected chi connectivity index (χ1v) is 7.85. The van der Waals surface area contributed by atoms with Gasteiger partial charge in [0, 0.05) is 37.6 Å². The van der Waals surface area contributed by atoms with Gasteiger partial charge in [0.1, 0.15) is 0 Å². The van der Waals surface area contributed by atoms with Crippen molar-refractivity contribution in [2.75, 3.05) is 24.3 Å². The summed E-state index contributed by atoms with van der Waals surface area (Å²) >= 11 is 0. The van der Waals surface area contributed by atoms with E-state index in [-0.39, 0.29) is 0 Å². The Morgan fingerprint density at radius 3 is 2.33 bits per heavy atom. The number of hydrogen-bond donors (Lipinski definition) is 2. The van der Waals surface area contributed by atoms with E-state index < -0.39 is 0 Å². The van der Waals surface area contributed by atoms with Crippen molar-refractivity contribution in [3.63, 3.8) is 0 Å². The minimum Gasteiger partial charge on any atom is -0.382 e. The fraction of sp³-hybridized carbons (Fsp3) is 0.444. The summed E-state index contributed by atoms with van der Waals surface area (Å²) < 4.78 is 0. The standard InChI is InChI=1S/C18H25N3/c1-21(2)18-10-4-13-11-17(7-3-14(13)12-18)20-16-8-5-15(19)6-9-16/h3-4,7,10-12,15-16,20H,5-6,8-9,19H2,1-2H3. The van der Waals surface area contributed by atoms with Crippen LogP contribution in [0.5, 0.6) is 0 Å². The van der Waals surface area contributed by atoms with Gasteiger partial charge in [-0.2, -0.15) is 0 Å². The topological polar surface area (TPSA) is 41.3 Å². The third kappa shape index (κ3) is 3.30. The van der Waals surface area contributed by atoms with E-state index in [4.69, 9.17) is 5.73 Å². The Bertz CT molecular complexity index is 613. The highest BCUT2D eigenvalue weighted by Crippen LogP contribution is 2.26. The summed E-state index contributed by atoms with van der Waals surface area (Å²) in [7, 11) is 4.15. The molecule has 0 amide bonds. The van der Waals surface area contributed by atoms with Crippen molar-refractivity contribution in [2.24, 2.45) is 5.73 Å². The molecule has 112 valence electrons. The monoisotopic (exact) mass is 283 g/mol. The van der Waals surface area contributed by atoms with E-state index in [0.29, 0.717) is 12.1 Å². The molecule has 2 aromatic carbocycles. The maximum atomic E-state index is 5.97. The first-order chi connectivity index (χ1) is 10.1. The maximum absolute atomic E-state index is 5.97. The number of hydrogen-bond acceptors (Lipinski definition) is 3. The summed E-state index contributed by atoms with van der Waals surface area (Å²) in [5.41, 5.74) is 8.43. The Morgan fingerprint density at radius 1 is 0.952 bits per heavy atom. The van der Waals surface area contributed by atoms with Gasteiger partial charge in [0.2, 0.25) is 0 Å². The molecule has 0 bridgehead atoms. The number of fused-ring (bicyclic) bond motifs is 1. The summed E-state index contributed by atoms with van der Waals surface area (Å²) in [5.74, 6) is 0. The Hall–Kier alpha value is -1.74. The first kappa shape index (κ1) is 14.2. The largest absolute Gasteiger partial charge is 0.382 e. The lowest BCUT2D eigenvalue weighted by Crippen LogP contribution is -2.32. The van der Waals surface area contributed by atoms with Gasteiger partial charge in [-0.25, -0.2) is 0 Å². The highest BCUT2D eigenvalue weighted by atomic mass is 15.1. The molecular formula is C18H25N3. The average molecular weight is 283 g/mol. The van der Waals surface area contributed by atoms with Crippen LogP contribution in [-0.4, -0.2) is 26.2 Å². The highest BCUT2D eigenvalue weighted by Gasteiger charge is 2.18. The van der Waals surface area contributed by atoms with Crippen molar-refractivity contribution >= 4 is 22.1 Å². The molecule has 1 saturated carbocycles. The molecular weight excluding hydrogens is 258 g/mol. The summed E-state index contributed by atoms with van der Waals surface area (Å²) in [4.78, 5) is 2.14. The molecule has 3 heteroatoms. The second-order valence-corrected chi connectivity index (χ2v) is 6.40. The molecule has 3 rings (SSSR count). The van der Waals surface area contributed by atoms with Gasteiger partial charge in [0.05, 0.1) is 0 Å². The highest BCUT2D eigenvalue weighted by molar-refractivity contribution is 5.88. The predicted octanol–water partition coefficient (Wildman–Crippen LogP) is 3.59. The molecule has 0 atom stereocenters. The van der Waals surface area contributed by atoms with Gasteiger partial charge < -0.3 is 16.0 Å². The molecule has 0 heterocycles. The summed E-state index contributed by atoms with van der Waals surface area (Å²) in [5, 5.41) is 6.24. The number of anilines is 2. The zero-order valence-corrected chi connectivity index (χ0v) is 13.0. The number of benzene rings is 2. The fourth-order valence-electron chi connectivity index (χ4n) is 3.10. The van der Waals surface area contributed by atoms with E-state index in [1.807, 2.05) is 0 Å². The molecule has 0 saturated heterocycles. The third-order valence-electron chi connectivity index (χ3n) is 4.48. The smallest absolute Gasteiger partial charge is 0.0367 e. The molecule has 0 radical (unpaired) electrons. The molecule has 3 nitrogen and oxygen atoms in total. The third-order valence-corrected chi connectivity index (χ3v) is 4.48. The van der Waals surface area contributed by atoms with Crippen LogP contribution in [0.1, 0.15) is 25.7 Å². The van der Waals surface area contributed by atoms with Gasteiger partial charge >= 0.3 is 0 Å². The minimum absolute atomic E-state index is 0.407. The van der Waals surface area contributed by atoms with Gasteiger partial charge in [0.15, 0.2) is 0 Å². The molecule has 2 aromatic rings. The second-order valence-electron chi connectivity index (χ2n) is 6.40. The number of nitrogens with one attached hydrogen (secondary N) is 1. The molecule has 1 aliphatic rings. The lowest BCUT2D eigenvalue weighted by molar-refractivity contribution is 0.411. The van der Waals surface area contributed by atoms with Gasteiger partial charge in [-0.1, -0.05) is 12.1 Å². The quantitative estimate of drug-likeness (QED) is 0.904. The summed E-state index contributed by atoms with van der Waals surface area (Å²) in [6.45, 7) is 0. The minimum atomic E-state index is 0.407. The zero-order chi connectivity index (χ0) is 14.8. The molecule has 21 heavy (non-hydrogen) atoms. The van der Waals surface area contributed by atoms with Crippen LogP contribution in [0.3, 0.4) is 0 Å². The van der Waals surface area contributed by atoms with Gasteiger partial charge in [-0.05, 0) is 60.7 Å². The van der Waals surface area contributed by atoms with Crippen molar-refractivity contribution in [2.45, 2.75) is 37.8 Å². The number of nitrogens with two attached hydrogens (primary N) is 1. The Balaban J connectivity index is 1.76. The lowest BCUT2D eigenvalue weighted by atomic mass is 9.91. The molecule has 0 aromatic heterocycles. The van der Waals surface area contributed by atoms with Gasteiger partial charge in [0.25, 0.3) is 0 Å². The number of rotatable bonds is 3. The Kier molecular flexibility index (Phi) is 4.02. The van der Waals surface area contributed by atoms with Crippen molar-refractivity contribution in [3.8, 4) is 0 Å². The first-order valence-electron chi connectivity index (χ1n) is 7.85. The van der Waals surface area contributed by atoms with Gasteiger partial charge in [-0.3, -0.25) is 0 Å². The SMILES string of the molecule is CN(C)c1ccc2cc(NC3CCC(N)CC3)ccc2c1. The van der Waals surface area contributed by atoms with E-state index in [1.54, 1.807) is 0 Å². The van der Waals surface area contributed by atoms with E-state index in [1.165, 1.54) is 35.0 Å². The van der Waals surface area contributed by atoms with Crippen molar-refractivity contribution in [3.05, 3.63) is 36.4 Å². The number of nitrogens with zero attached hydrogens (tertiary/aromatic N) is 1. The normalized spacial score (nSPS) is 22.2. The predicted molar refractivity (Wildman–Crippen MR) is 92.1 cm³/mol. The molecule has 0 spiro atoms. The molecule has 0 aliphatic heterocycles. The van der Waals surface area contributed by atoms with Crippen LogP contribution in [-0.2, 0) is 0 Å². The van der Waals surface area contributed by atoms with Crippen LogP contribution in [0.4, 0.5) is 11.4 Å². The lowest BCUT2D eigenvalue weighted by Gasteiger charge is -2.27. The van der Waals surface area contributed by atoms with Crippen LogP contribution in [0.25, 0.3) is 10.8 Å². The summed E-state index contributed by atoms with van der Waals surface area (Å²) in [6.07, 6.45) is 4.63. The Morgan fingerprint density at radius 2 is 1.62 bits per heavy atom. The maximum Gasteiger partial charge on any atom is 0.0367 e. The van der Waals surface area contributed by atoms with E-state index in [9.17, 15) is 0 Å². The van der Waals surface area contributed by atoms with Crippen LogP contribution in [0.2, 0.25) is 0 Å². The van der Waals surface area contributed by atoms with Gasteiger partial charge in [-0.15, -0.1) is 0 Å². The van der Waals surface area contributed by atoms with E-state index in [2.05, 4.69) is 60.7 Å². The van der Waals surface area contributed by atoms with Crippen LogP contribution in [0.15, 0.2) is 36.4 Å². The molecule has 3 N–H and O–H groups in total. The van der Waals surface area contributed by atoms with Crippen LogP contribution >= 0.6 is 0 Å². The molecule has 1 aliphatic carbocycles. The summed E-state index contributed by atoms with van der Waals surface area (Å²) in [6, 6.07) is 14.2. The van der Waals surface area contributed by atoms with Crippen molar-refractivity contribution in [1.82, 2.24) is 0 Å². The van der Waals surface area contributed by atoms with E-state index >= 15 is 0 Å². The fourth-order valence-corrected chi connectivity index (χ4v) is 3.10. The molecule has 1 fully saturated rings. The van der Waals surface area contributed by atoms with Crippen LogP contribution < -0.4 is 16.0 Å².